The summed E-state index contributed by atoms with van der Waals surface area (Å²) in [5.41, 5.74) is 3.17. The fraction of sp³-hybridized carbons (Fsp3) is 0.600. The Hall–Kier alpha value is -0.930. The molecule has 0 aliphatic carbocycles. The molecule has 0 bridgehead atoms. The summed E-state index contributed by atoms with van der Waals surface area (Å²) in [5.74, 6) is 0.180. The van der Waals surface area contributed by atoms with E-state index in [1.807, 2.05) is 20.8 Å². The maximum atomic E-state index is 13.8. The lowest BCUT2D eigenvalue weighted by Crippen LogP contribution is -2.43. The van der Waals surface area contributed by atoms with Crippen LogP contribution in [0.5, 0.6) is 0 Å². The van der Waals surface area contributed by atoms with E-state index < -0.39 is 0 Å². The van der Waals surface area contributed by atoms with Crippen molar-refractivity contribution in [1.29, 1.82) is 0 Å². The van der Waals surface area contributed by atoms with Gasteiger partial charge in [-0.05, 0) is 35.6 Å². The Morgan fingerprint density at radius 2 is 1.94 bits per heavy atom. The molecule has 0 radical (unpaired) electrons. The van der Waals surface area contributed by atoms with Gasteiger partial charge in [0.25, 0.3) is 0 Å². The summed E-state index contributed by atoms with van der Waals surface area (Å²) in [7, 11) is 0. The SMILES string of the molecule is Cc1cc(F)c(C(C)C)cc1CN1CCNCC1. The molecule has 0 aromatic heterocycles. The average Bonchev–Trinajstić information content (AvgIpc) is 2.33. The summed E-state index contributed by atoms with van der Waals surface area (Å²) >= 11 is 0. The highest BCUT2D eigenvalue weighted by Gasteiger charge is 2.14. The molecule has 0 atom stereocenters. The highest BCUT2D eigenvalue weighted by molar-refractivity contribution is 5.34. The first kappa shape index (κ1) is 13.5. The van der Waals surface area contributed by atoms with E-state index in [0.29, 0.717) is 0 Å². The molecule has 2 nitrogen and oxygen atoms in total. The van der Waals surface area contributed by atoms with E-state index in [-0.39, 0.29) is 11.7 Å². The van der Waals surface area contributed by atoms with E-state index in [1.165, 1.54) is 5.56 Å². The maximum absolute atomic E-state index is 13.8. The molecular formula is C15H23FN2. The minimum Gasteiger partial charge on any atom is -0.314 e. The first-order valence-electron chi connectivity index (χ1n) is 6.80. The normalized spacial score (nSPS) is 17.4. The van der Waals surface area contributed by atoms with Crippen LogP contribution in [-0.2, 0) is 6.54 Å². The van der Waals surface area contributed by atoms with Crippen molar-refractivity contribution in [2.75, 3.05) is 26.2 Å². The lowest BCUT2D eigenvalue weighted by atomic mass is 9.96. The average molecular weight is 250 g/mol. The predicted octanol–water partition coefficient (Wildman–Crippen LogP) is 2.66. The van der Waals surface area contributed by atoms with E-state index >= 15 is 0 Å². The molecule has 0 saturated carbocycles. The minimum atomic E-state index is -0.0634. The van der Waals surface area contributed by atoms with Crippen molar-refractivity contribution in [3.8, 4) is 0 Å². The van der Waals surface area contributed by atoms with E-state index in [9.17, 15) is 4.39 Å². The highest BCUT2D eigenvalue weighted by atomic mass is 19.1. The number of rotatable bonds is 3. The van der Waals surface area contributed by atoms with Gasteiger partial charge in [-0.3, -0.25) is 4.90 Å². The Kier molecular flexibility index (Phi) is 4.36. The molecule has 0 amide bonds. The summed E-state index contributed by atoms with van der Waals surface area (Å²) in [6.45, 7) is 11.3. The van der Waals surface area contributed by atoms with Crippen LogP contribution < -0.4 is 5.32 Å². The van der Waals surface area contributed by atoms with Crippen LogP contribution in [0.15, 0.2) is 12.1 Å². The second-order valence-electron chi connectivity index (χ2n) is 5.48. The monoisotopic (exact) mass is 250 g/mol. The number of hydrogen-bond acceptors (Lipinski definition) is 2. The Morgan fingerprint density at radius 1 is 1.28 bits per heavy atom. The van der Waals surface area contributed by atoms with Crippen LogP contribution in [0.1, 0.15) is 36.5 Å². The van der Waals surface area contributed by atoms with Crippen LogP contribution in [0, 0.1) is 12.7 Å². The molecule has 3 heteroatoms. The smallest absolute Gasteiger partial charge is 0.126 e. The zero-order chi connectivity index (χ0) is 13.1. The van der Waals surface area contributed by atoms with Crippen LogP contribution in [0.25, 0.3) is 0 Å². The van der Waals surface area contributed by atoms with Gasteiger partial charge in [-0.2, -0.15) is 0 Å². The molecule has 1 fully saturated rings. The fourth-order valence-electron chi connectivity index (χ4n) is 2.46. The lowest BCUT2D eigenvalue weighted by molar-refractivity contribution is 0.232. The molecule has 1 aromatic rings. The number of nitrogens with zero attached hydrogens (tertiary/aromatic N) is 1. The van der Waals surface area contributed by atoms with E-state index in [4.69, 9.17) is 0 Å². The summed E-state index contributed by atoms with van der Waals surface area (Å²) in [6.07, 6.45) is 0. The number of piperazine rings is 1. The zero-order valence-corrected chi connectivity index (χ0v) is 11.6. The molecule has 1 aromatic carbocycles. The third-order valence-electron chi connectivity index (χ3n) is 3.68. The first-order chi connectivity index (χ1) is 8.58. The van der Waals surface area contributed by atoms with Crippen molar-refractivity contribution < 1.29 is 4.39 Å². The molecule has 2 rings (SSSR count). The summed E-state index contributed by atoms with van der Waals surface area (Å²) < 4.78 is 13.8. The number of halogens is 1. The zero-order valence-electron chi connectivity index (χ0n) is 11.6. The third kappa shape index (κ3) is 3.09. The lowest BCUT2D eigenvalue weighted by Gasteiger charge is -2.28. The molecular weight excluding hydrogens is 227 g/mol. The predicted molar refractivity (Wildman–Crippen MR) is 73.4 cm³/mol. The van der Waals surface area contributed by atoms with E-state index in [1.54, 1.807) is 6.07 Å². The van der Waals surface area contributed by atoms with Gasteiger partial charge in [-0.15, -0.1) is 0 Å². The van der Waals surface area contributed by atoms with Gasteiger partial charge in [-0.1, -0.05) is 19.9 Å². The van der Waals surface area contributed by atoms with Gasteiger partial charge >= 0.3 is 0 Å². The van der Waals surface area contributed by atoms with Gasteiger partial charge in [0.2, 0.25) is 0 Å². The van der Waals surface area contributed by atoms with E-state index in [2.05, 4.69) is 16.3 Å². The highest BCUT2D eigenvalue weighted by Crippen LogP contribution is 2.23. The molecule has 1 aliphatic rings. The van der Waals surface area contributed by atoms with Crippen LogP contribution >= 0.6 is 0 Å². The largest absolute Gasteiger partial charge is 0.314 e. The molecule has 1 heterocycles. The van der Waals surface area contributed by atoms with Crippen LogP contribution in [0.2, 0.25) is 0 Å². The minimum absolute atomic E-state index is 0.0634. The number of nitrogens with one attached hydrogen (secondary N) is 1. The number of benzene rings is 1. The molecule has 1 saturated heterocycles. The van der Waals surface area contributed by atoms with Crippen molar-refractivity contribution in [3.63, 3.8) is 0 Å². The van der Waals surface area contributed by atoms with Crippen molar-refractivity contribution in [3.05, 3.63) is 34.6 Å². The Morgan fingerprint density at radius 3 is 2.56 bits per heavy atom. The standard InChI is InChI=1S/C15H23FN2/c1-11(2)14-9-13(12(3)8-15(14)16)10-18-6-4-17-5-7-18/h8-9,11,17H,4-7,10H2,1-3H3. The van der Waals surface area contributed by atoms with Gasteiger partial charge in [0, 0.05) is 32.7 Å². The molecule has 1 N–H and O–H groups in total. The van der Waals surface area contributed by atoms with Crippen LogP contribution in [0.3, 0.4) is 0 Å². The second kappa shape index (κ2) is 5.81. The van der Waals surface area contributed by atoms with E-state index in [0.717, 1.165) is 43.9 Å². The second-order valence-corrected chi connectivity index (χ2v) is 5.48. The fourth-order valence-corrected chi connectivity index (χ4v) is 2.46. The van der Waals surface area contributed by atoms with Crippen molar-refractivity contribution in [1.82, 2.24) is 10.2 Å². The number of aryl methyl sites for hydroxylation is 1. The Balaban J connectivity index is 2.18. The van der Waals surface area contributed by atoms with Crippen LogP contribution in [-0.4, -0.2) is 31.1 Å². The summed E-state index contributed by atoms with van der Waals surface area (Å²) in [5, 5.41) is 3.35. The van der Waals surface area contributed by atoms with Gasteiger partial charge in [0.15, 0.2) is 0 Å². The maximum Gasteiger partial charge on any atom is 0.126 e. The molecule has 1 aliphatic heterocycles. The quantitative estimate of drug-likeness (QED) is 0.887. The molecule has 0 spiro atoms. The van der Waals surface area contributed by atoms with Gasteiger partial charge in [0.05, 0.1) is 0 Å². The van der Waals surface area contributed by atoms with Gasteiger partial charge in [0.1, 0.15) is 5.82 Å². The number of hydrogen-bond donors (Lipinski definition) is 1. The molecule has 18 heavy (non-hydrogen) atoms. The summed E-state index contributed by atoms with van der Waals surface area (Å²) in [6, 6.07) is 3.74. The topological polar surface area (TPSA) is 15.3 Å². The van der Waals surface area contributed by atoms with Crippen LogP contribution in [0.4, 0.5) is 4.39 Å². The van der Waals surface area contributed by atoms with Gasteiger partial charge < -0.3 is 5.32 Å². The van der Waals surface area contributed by atoms with Crippen molar-refractivity contribution in [2.24, 2.45) is 0 Å². The summed E-state index contributed by atoms with van der Waals surface area (Å²) in [4.78, 5) is 2.43. The Bertz CT molecular complexity index is 409. The first-order valence-corrected chi connectivity index (χ1v) is 6.80. The third-order valence-corrected chi connectivity index (χ3v) is 3.68. The van der Waals surface area contributed by atoms with Crippen molar-refractivity contribution >= 4 is 0 Å². The Labute approximate surface area is 109 Å². The molecule has 0 unspecified atom stereocenters. The van der Waals surface area contributed by atoms with Crippen molar-refractivity contribution in [2.45, 2.75) is 33.2 Å². The van der Waals surface area contributed by atoms with Gasteiger partial charge in [-0.25, -0.2) is 4.39 Å². The molecule has 100 valence electrons.